The van der Waals surface area contributed by atoms with E-state index in [0.29, 0.717) is 0 Å². The first-order valence-corrected chi connectivity index (χ1v) is 2.85. The van der Waals surface area contributed by atoms with Crippen LogP contribution in [0.3, 0.4) is 0 Å². The van der Waals surface area contributed by atoms with Crippen molar-refractivity contribution in [1.29, 1.82) is 0 Å². The van der Waals surface area contributed by atoms with Crippen LogP contribution in [0.4, 0.5) is 0 Å². The summed E-state index contributed by atoms with van der Waals surface area (Å²) < 4.78 is 0. The second-order valence-corrected chi connectivity index (χ2v) is 2.22. The summed E-state index contributed by atoms with van der Waals surface area (Å²) in [5, 5.41) is 0. The number of primary amides is 1. The molecular formula is C7H8N2O. The van der Waals surface area contributed by atoms with E-state index in [1.165, 1.54) is 6.08 Å². The molecule has 0 aromatic carbocycles. The average molecular weight is 136 g/mol. The average Bonchev–Trinajstić information content (AvgIpc) is 1.85. The van der Waals surface area contributed by atoms with E-state index < -0.39 is 11.4 Å². The molecule has 1 rings (SSSR count). The monoisotopic (exact) mass is 136 g/mol. The summed E-state index contributed by atoms with van der Waals surface area (Å²) in [6, 6.07) is 0. The van der Waals surface area contributed by atoms with Gasteiger partial charge >= 0.3 is 0 Å². The van der Waals surface area contributed by atoms with Gasteiger partial charge in [0, 0.05) is 0 Å². The zero-order valence-electron chi connectivity index (χ0n) is 5.42. The highest BCUT2D eigenvalue weighted by molar-refractivity contribution is 5.91. The van der Waals surface area contributed by atoms with Gasteiger partial charge in [-0.25, -0.2) is 0 Å². The van der Waals surface area contributed by atoms with E-state index in [2.05, 4.69) is 18.4 Å². The largest absolute Gasteiger partial charge is 0.367 e. The lowest BCUT2D eigenvalue weighted by molar-refractivity contribution is -0.122. The Morgan fingerprint density at radius 3 is 2.50 bits per heavy atom. The molecule has 4 N–H and O–H groups in total. The number of carbonyl (C=O) groups excluding carboxylic acids is 1. The molecule has 0 aliphatic heterocycles. The molecule has 1 amide bonds. The molecule has 1 aliphatic carbocycles. The number of carbonyl (C=O) groups is 1. The van der Waals surface area contributed by atoms with Crippen molar-refractivity contribution in [3.05, 3.63) is 12.7 Å². The highest BCUT2D eigenvalue weighted by atomic mass is 16.1. The Morgan fingerprint density at radius 2 is 2.40 bits per heavy atom. The molecule has 0 aromatic rings. The lowest BCUT2D eigenvalue weighted by atomic mass is 9.78. The smallest absolute Gasteiger partial charge is 0.251 e. The Hall–Kier alpha value is -1.27. The third-order valence-corrected chi connectivity index (χ3v) is 1.57. The molecule has 0 saturated heterocycles. The second-order valence-electron chi connectivity index (χ2n) is 2.22. The fourth-order valence-electron chi connectivity index (χ4n) is 0.771. The third kappa shape index (κ3) is 0.630. The van der Waals surface area contributed by atoms with Crippen LogP contribution in [0.25, 0.3) is 0 Å². The highest BCUT2D eigenvalue weighted by Gasteiger charge is 2.41. The predicted octanol–water partition coefficient (Wildman–Crippen LogP) is -1.01. The van der Waals surface area contributed by atoms with E-state index in [1.54, 1.807) is 0 Å². The van der Waals surface area contributed by atoms with Gasteiger partial charge in [-0.1, -0.05) is 17.9 Å². The summed E-state index contributed by atoms with van der Waals surface area (Å²) >= 11 is 0. The van der Waals surface area contributed by atoms with Crippen molar-refractivity contribution < 1.29 is 4.79 Å². The normalized spacial score (nSPS) is 35.1. The van der Waals surface area contributed by atoms with Gasteiger partial charge < -0.3 is 11.5 Å². The van der Waals surface area contributed by atoms with Crippen molar-refractivity contribution in [2.45, 2.75) is 5.54 Å². The first-order valence-electron chi connectivity index (χ1n) is 2.85. The minimum absolute atomic E-state index is 0.273. The van der Waals surface area contributed by atoms with Gasteiger partial charge in [-0.05, 0) is 0 Å². The Bertz CT molecular complexity index is 248. The summed E-state index contributed by atoms with van der Waals surface area (Å²) in [6.45, 7) is 3.47. The van der Waals surface area contributed by atoms with Crippen LogP contribution < -0.4 is 11.5 Å². The van der Waals surface area contributed by atoms with Crippen LogP contribution in [0.15, 0.2) is 12.7 Å². The minimum atomic E-state index is -1.15. The van der Waals surface area contributed by atoms with Gasteiger partial charge in [0.2, 0.25) is 0 Å². The molecule has 52 valence electrons. The molecule has 10 heavy (non-hydrogen) atoms. The lowest BCUT2D eigenvalue weighted by Crippen LogP contribution is -2.59. The van der Waals surface area contributed by atoms with E-state index in [-0.39, 0.29) is 5.92 Å². The summed E-state index contributed by atoms with van der Waals surface area (Å²) in [4.78, 5) is 10.6. The number of amides is 1. The Balaban J connectivity index is 2.88. The quantitative estimate of drug-likeness (QED) is 0.377. The molecule has 0 radical (unpaired) electrons. The summed E-state index contributed by atoms with van der Waals surface area (Å²) in [5.74, 6) is 4.32. The fraction of sp³-hybridized carbons (Fsp3) is 0.286. The van der Waals surface area contributed by atoms with Gasteiger partial charge in [0.1, 0.15) is 0 Å². The van der Waals surface area contributed by atoms with Gasteiger partial charge in [-0.3, -0.25) is 4.79 Å². The maximum atomic E-state index is 10.6. The van der Waals surface area contributed by atoms with Crippen LogP contribution in [0.5, 0.6) is 0 Å². The molecule has 2 atom stereocenters. The summed E-state index contributed by atoms with van der Waals surface area (Å²) in [7, 11) is 0. The number of hydrogen-bond acceptors (Lipinski definition) is 2. The van der Waals surface area contributed by atoms with Crippen molar-refractivity contribution in [3.63, 3.8) is 0 Å². The van der Waals surface area contributed by atoms with Crippen LogP contribution in [-0.2, 0) is 4.79 Å². The minimum Gasteiger partial charge on any atom is -0.367 e. The standard InChI is InChI=1S/C7H8N2O/c1-2-5-3-4-7(5,9)6(8)10/h2,5H,1,9H2,(H2,8,10)/t5-,7-/m1/s1. The van der Waals surface area contributed by atoms with Gasteiger partial charge in [-0.15, -0.1) is 6.58 Å². The molecular weight excluding hydrogens is 128 g/mol. The van der Waals surface area contributed by atoms with E-state index in [1.807, 2.05) is 0 Å². The number of rotatable bonds is 2. The predicted molar refractivity (Wildman–Crippen MR) is 37.6 cm³/mol. The van der Waals surface area contributed by atoms with Crippen LogP contribution in [0.2, 0.25) is 0 Å². The first-order chi connectivity index (χ1) is 4.61. The first kappa shape index (κ1) is 6.84. The van der Waals surface area contributed by atoms with Gasteiger partial charge in [0.25, 0.3) is 5.91 Å². The van der Waals surface area contributed by atoms with E-state index in [4.69, 9.17) is 11.5 Å². The molecule has 0 unspecified atom stereocenters. The van der Waals surface area contributed by atoms with Gasteiger partial charge in [-0.2, -0.15) is 0 Å². The maximum absolute atomic E-state index is 10.6. The van der Waals surface area contributed by atoms with Crippen LogP contribution in [0.1, 0.15) is 0 Å². The van der Waals surface area contributed by atoms with Crippen molar-refractivity contribution in [3.8, 4) is 11.8 Å². The van der Waals surface area contributed by atoms with Crippen molar-refractivity contribution in [2.24, 2.45) is 17.4 Å². The molecule has 0 saturated carbocycles. The summed E-state index contributed by atoms with van der Waals surface area (Å²) in [6.07, 6.45) is 1.53. The van der Waals surface area contributed by atoms with E-state index >= 15 is 0 Å². The second kappa shape index (κ2) is 1.86. The molecule has 0 aromatic heterocycles. The van der Waals surface area contributed by atoms with E-state index in [0.717, 1.165) is 0 Å². The lowest BCUT2D eigenvalue weighted by Gasteiger charge is -2.29. The molecule has 0 bridgehead atoms. The molecule has 3 heteroatoms. The van der Waals surface area contributed by atoms with Crippen molar-refractivity contribution in [2.75, 3.05) is 0 Å². The Morgan fingerprint density at radius 1 is 1.80 bits per heavy atom. The molecule has 0 heterocycles. The molecule has 0 spiro atoms. The number of hydrogen-bond donors (Lipinski definition) is 2. The summed E-state index contributed by atoms with van der Waals surface area (Å²) in [5.41, 5.74) is 9.31. The SMILES string of the molecule is C=C[C@@H]1C#C[C@]1(N)C(N)=O. The van der Waals surface area contributed by atoms with Crippen molar-refractivity contribution >= 4 is 5.91 Å². The van der Waals surface area contributed by atoms with Crippen molar-refractivity contribution in [1.82, 2.24) is 0 Å². The van der Waals surface area contributed by atoms with Gasteiger partial charge in [0.05, 0.1) is 5.92 Å². The molecule has 3 nitrogen and oxygen atoms in total. The molecule has 1 aliphatic rings. The Kier molecular flexibility index (Phi) is 1.27. The highest BCUT2D eigenvalue weighted by Crippen LogP contribution is 2.21. The zero-order chi connectivity index (χ0) is 7.78. The van der Waals surface area contributed by atoms with Crippen LogP contribution in [-0.4, -0.2) is 11.4 Å². The number of nitrogens with two attached hydrogens (primary N) is 2. The van der Waals surface area contributed by atoms with Crippen LogP contribution >= 0.6 is 0 Å². The third-order valence-electron chi connectivity index (χ3n) is 1.57. The van der Waals surface area contributed by atoms with E-state index in [9.17, 15) is 4.79 Å². The molecule has 0 fully saturated rings. The fourth-order valence-corrected chi connectivity index (χ4v) is 0.771. The Labute approximate surface area is 59.1 Å². The van der Waals surface area contributed by atoms with Crippen LogP contribution in [0, 0.1) is 17.8 Å². The zero-order valence-corrected chi connectivity index (χ0v) is 5.42. The van der Waals surface area contributed by atoms with Gasteiger partial charge in [0.15, 0.2) is 5.54 Å². The topological polar surface area (TPSA) is 69.1 Å². The maximum Gasteiger partial charge on any atom is 0.251 e.